The molecule has 1 aliphatic heterocycles. The molecule has 0 unspecified atom stereocenters. The Morgan fingerprint density at radius 1 is 1.00 bits per heavy atom. The maximum absolute atomic E-state index is 11.1. The number of para-hydroxylation sites is 2. The number of nitro groups is 2. The zero-order chi connectivity index (χ0) is 17.8. The van der Waals surface area contributed by atoms with Crippen molar-refractivity contribution >= 4 is 17.1 Å². The number of hydrogen-bond donors (Lipinski definition) is 0. The molecule has 10 nitrogen and oxygen atoms in total. The van der Waals surface area contributed by atoms with Crippen molar-refractivity contribution in [1.82, 2.24) is 14.7 Å². The molecule has 0 atom stereocenters. The summed E-state index contributed by atoms with van der Waals surface area (Å²) in [6, 6.07) is 6.77. The van der Waals surface area contributed by atoms with Crippen LogP contribution in [0.25, 0.3) is 0 Å². The number of nitro benzene ring substituents is 1. The van der Waals surface area contributed by atoms with Crippen molar-refractivity contribution in [3.05, 3.63) is 56.9 Å². The van der Waals surface area contributed by atoms with E-state index in [0.717, 1.165) is 19.6 Å². The monoisotopic (exact) mass is 346 g/mol. The van der Waals surface area contributed by atoms with E-state index in [1.165, 1.54) is 18.5 Å². The first kappa shape index (κ1) is 16.8. The van der Waals surface area contributed by atoms with E-state index in [2.05, 4.69) is 10.00 Å². The molecule has 132 valence electrons. The number of piperazine rings is 1. The van der Waals surface area contributed by atoms with Crippen LogP contribution in [-0.4, -0.2) is 57.3 Å². The smallest absolute Gasteiger partial charge is 0.306 e. The molecular weight excluding hydrogens is 328 g/mol. The molecule has 1 saturated heterocycles. The van der Waals surface area contributed by atoms with E-state index in [0.29, 0.717) is 25.3 Å². The second kappa shape index (κ2) is 7.26. The van der Waals surface area contributed by atoms with Crippen molar-refractivity contribution in [3.63, 3.8) is 0 Å². The molecule has 1 aliphatic rings. The molecule has 1 fully saturated rings. The molecule has 0 N–H and O–H groups in total. The van der Waals surface area contributed by atoms with Gasteiger partial charge in [-0.3, -0.25) is 29.8 Å². The van der Waals surface area contributed by atoms with Gasteiger partial charge in [-0.05, 0) is 6.07 Å². The first-order valence-electron chi connectivity index (χ1n) is 7.92. The van der Waals surface area contributed by atoms with Crippen LogP contribution in [0.4, 0.5) is 17.1 Å². The lowest BCUT2D eigenvalue weighted by atomic mass is 10.2. The van der Waals surface area contributed by atoms with Gasteiger partial charge in [0.25, 0.3) is 5.69 Å². The van der Waals surface area contributed by atoms with Crippen LogP contribution in [0.2, 0.25) is 0 Å². The molecule has 0 amide bonds. The number of anilines is 1. The van der Waals surface area contributed by atoms with E-state index in [1.54, 1.807) is 22.9 Å². The van der Waals surface area contributed by atoms with Gasteiger partial charge in [-0.15, -0.1) is 0 Å². The molecule has 0 radical (unpaired) electrons. The molecule has 1 aromatic heterocycles. The van der Waals surface area contributed by atoms with Crippen LogP contribution in [-0.2, 0) is 6.54 Å². The maximum Gasteiger partial charge on any atom is 0.306 e. The molecule has 1 aromatic carbocycles. The second-order valence-corrected chi connectivity index (χ2v) is 5.79. The molecule has 10 heteroatoms. The van der Waals surface area contributed by atoms with Crippen molar-refractivity contribution in [2.24, 2.45) is 0 Å². The van der Waals surface area contributed by atoms with E-state index in [9.17, 15) is 20.2 Å². The van der Waals surface area contributed by atoms with E-state index >= 15 is 0 Å². The number of hydrogen-bond acceptors (Lipinski definition) is 7. The standard InChI is InChI=1S/C15H18N6O4/c22-20(23)13-11-16-19(12-13)10-7-17-5-8-18(9-6-17)14-3-1-2-4-15(14)21(24)25/h1-4,11-12H,5-10H2. The van der Waals surface area contributed by atoms with E-state index < -0.39 is 4.92 Å². The van der Waals surface area contributed by atoms with Crippen molar-refractivity contribution in [3.8, 4) is 0 Å². The van der Waals surface area contributed by atoms with Crippen molar-refractivity contribution in [1.29, 1.82) is 0 Å². The van der Waals surface area contributed by atoms with Gasteiger partial charge in [0, 0.05) is 38.8 Å². The van der Waals surface area contributed by atoms with Gasteiger partial charge < -0.3 is 4.90 Å². The number of nitrogens with zero attached hydrogens (tertiary/aromatic N) is 6. The van der Waals surface area contributed by atoms with Gasteiger partial charge in [0.1, 0.15) is 18.1 Å². The summed E-state index contributed by atoms with van der Waals surface area (Å²) in [4.78, 5) is 25.2. The Bertz CT molecular complexity index is 769. The minimum absolute atomic E-state index is 0.0128. The molecular formula is C15H18N6O4. The summed E-state index contributed by atoms with van der Waals surface area (Å²) >= 11 is 0. The molecule has 2 aromatic rings. The highest BCUT2D eigenvalue weighted by molar-refractivity contribution is 5.63. The normalized spacial score (nSPS) is 15.3. The number of benzene rings is 1. The summed E-state index contributed by atoms with van der Waals surface area (Å²) in [5, 5.41) is 25.8. The van der Waals surface area contributed by atoms with Crippen LogP contribution in [0.15, 0.2) is 36.7 Å². The molecule has 3 rings (SSSR count). The Labute approximate surface area is 143 Å². The first-order valence-corrected chi connectivity index (χ1v) is 7.92. The average Bonchev–Trinajstić information content (AvgIpc) is 3.10. The molecule has 0 saturated carbocycles. The van der Waals surface area contributed by atoms with Crippen molar-refractivity contribution in [2.75, 3.05) is 37.6 Å². The van der Waals surface area contributed by atoms with E-state index in [1.807, 2.05) is 4.90 Å². The lowest BCUT2D eigenvalue weighted by molar-refractivity contribution is -0.385. The quantitative estimate of drug-likeness (QED) is 0.576. The molecule has 25 heavy (non-hydrogen) atoms. The Morgan fingerprint density at radius 2 is 1.72 bits per heavy atom. The third-order valence-corrected chi connectivity index (χ3v) is 4.27. The molecule has 0 aliphatic carbocycles. The van der Waals surface area contributed by atoms with Crippen LogP contribution < -0.4 is 4.90 Å². The minimum Gasteiger partial charge on any atom is -0.363 e. The third-order valence-electron chi connectivity index (χ3n) is 4.27. The minimum atomic E-state index is -0.463. The van der Waals surface area contributed by atoms with Gasteiger partial charge in [0.15, 0.2) is 0 Å². The lowest BCUT2D eigenvalue weighted by Gasteiger charge is -2.35. The van der Waals surface area contributed by atoms with Crippen LogP contribution in [0.5, 0.6) is 0 Å². The van der Waals surface area contributed by atoms with Gasteiger partial charge in [0.2, 0.25) is 0 Å². The largest absolute Gasteiger partial charge is 0.363 e. The topological polar surface area (TPSA) is 111 Å². The Hall–Kier alpha value is -3.01. The van der Waals surface area contributed by atoms with E-state index in [-0.39, 0.29) is 16.3 Å². The maximum atomic E-state index is 11.1. The number of aromatic nitrogens is 2. The first-order chi connectivity index (χ1) is 12.0. The van der Waals surface area contributed by atoms with Gasteiger partial charge >= 0.3 is 5.69 Å². The summed E-state index contributed by atoms with van der Waals surface area (Å²) in [5.74, 6) is 0. The van der Waals surface area contributed by atoms with Gasteiger partial charge in [-0.1, -0.05) is 12.1 Å². The summed E-state index contributed by atoms with van der Waals surface area (Å²) in [7, 11) is 0. The average molecular weight is 346 g/mol. The second-order valence-electron chi connectivity index (χ2n) is 5.79. The zero-order valence-corrected chi connectivity index (χ0v) is 13.5. The highest BCUT2D eigenvalue weighted by Crippen LogP contribution is 2.28. The van der Waals surface area contributed by atoms with Gasteiger partial charge in [0.05, 0.1) is 16.4 Å². The fourth-order valence-corrected chi connectivity index (χ4v) is 2.91. The van der Waals surface area contributed by atoms with Crippen LogP contribution in [0, 0.1) is 20.2 Å². The highest BCUT2D eigenvalue weighted by Gasteiger charge is 2.23. The highest BCUT2D eigenvalue weighted by atomic mass is 16.6. The molecule has 0 bridgehead atoms. The lowest BCUT2D eigenvalue weighted by Crippen LogP contribution is -2.47. The van der Waals surface area contributed by atoms with Gasteiger partial charge in [-0.2, -0.15) is 5.10 Å². The molecule has 0 spiro atoms. The summed E-state index contributed by atoms with van der Waals surface area (Å²) in [5.41, 5.74) is 0.760. The van der Waals surface area contributed by atoms with Crippen molar-refractivity contribution in [2.45, 2.75) is 6.54 Å². The SMILES string of the molecule is O=[N+]([O-])c1cnn(CCN2CCN(c3ccccc3[N+](=O)[O-])CC2)c1. The Balaban J connectivity index is 1.53. The van der Waals surface area contributed by atoms with Crippen LogP contribution >= 0.6 is 0 Å². The van der Waals surface area contributed by atoms with E-state index in [4.69, 9.17) is 0 Å². The zero-order valence-electron chi connectivity index (χ0n) is 13.5. The number of rotatable bonds is 6. The fourth-order valence-electron chi connectivity index (χ4n) is 2.91. The fraction of sp³-hybridized carbons (Fsp3) is 0.400. The Morgan fingerprint density at radius 3 is 2.36 bits per heavy atom. The molecule has 2 heterocycles. The summed E-state index contributed by atoms with van der Waals surface area (Å²) in [6.07, 6.45) is 2.66. The van der Waals surface area contributed by atoms with Gasteiger partial charge in [-0.25, -0.2) is 0 Å². The van der Waals surface area contributed by atoms with Crippen molar-refractivity contribution < 1.29 is 9.85 Å². The summed E-state index contributed by atoms with van der Waals surface area (Å²) in [6.45, 7) is 4.24. The Kier molecular flexibility index (Phi) is 4.89. The third kappa shape index (κ3) is 3.91. The summed E-state index contributed by atoms with van der Waals surface area (Å²) < 4.78 is 1.56. The predicted octanol–water partition coefficient (Wildman–Crippen LogP) is 1.52. The van der Waals surface area contributed by atoms with Crippen LogP contribution in [0.3, 0.4) is 0 Å². The predicted molar refractivity (Wildman–Crippen MR) is 90.6 cm³/mol. The van der Waals surface area contributed by atoms with Crippen LogP contribution in [0.1, 0.15) is 0 Å².